The number of piperazine rings is 1. The van der Waals surface area contributed by atoms with E-state index in [0.29, 0.717) is 31.4 Å². The lowest BCUT2D eigenvalue weighted by Crippen LogP contribution is -2.47. The lowest BCUT2D eigenvalue weighted by Gasteiger charge is -2.32. The van der Waals surface area contributed by atoms with Crippen molar-refractivity contribution in [1.29, 1.82) is 0 Å². The Kier molecular flexibility index (Phi) is 5.11. The number of aromatic nitrogens is 1. The Morgan fingerprint density at radius 1 is 1.04 bits per heavy atom. The Labute approximate surface area is 161 Å². The molecule has 7 nitrogen and oxygen atoms in total. The van der Waals surface area contributed by atoms with E-state index in [-0.39, 0.29) is 0 Å². The predicted molar refractivity (Wildman–Crippen MR) is 105 cm³/mol. The predicted octanol–water partition coefficient (Wildman–Crippen LogP) is 3.01. The van der Waals surface area contributed by atoms with Crippen LogP contribution in [0.25, 0.3) is 10.2 Å². The van der Waals surface area contributed by atoms with E-state index in [1.807, 2.05) is 48.5 Å². The number of rotatable bonds is 5. The maximum absolute atomic E-state index is 11.1. The van der Waals surface area contributed by atoms with E-state index in [1.54, 1.807) is 0 Å². The number of fused-ring (bicyclic) bond motifs is 1. The molecule has 1 N–H and O–H groups in total. The molecule has 4 rings (SSSR count). The summed E-state index contributed by atoms with van der Waals surface area (Å²) in [6.45, 7) is 2.50. The standard InChI is InChI=1S/C18H19N3O4S2/c22-27(23,24)21-11-9-20(10-12-21)13-14-5-7-15(8-6-14)25-18-19-16-3-1-2-4-17(16)26-18/h1-8H,9-13H2,(H,22,23,24). The Morgan fingerprint density at radius 3 is 2.41 bits per heavy atom. The Morgan fingerprint density at radius 2 is 1.74 bits per heavy atom. The SMILES string of the molecule is O=S(=O)(O)N1CCN(Cc2ccc(Oc3nc4ccccc4s3)cc2)CC1. The fourth-order valence-electron chi connectivity index (χ4n) is 3.04. The molecular formula is C18H19N3O4S2. The van der Waals surface area contributed by atoms with E-state index in [0.717, 1.165) is 32.4 Å². The van der Waals surface area contributed by atoms with Crippen LogP contribution in [0.4, 0.5) is 0 Å². The van der Waals surface area contributed by atoms with Gasteiger partial charge in [-0.15, -0.1) is 0 Å². The van der Waals surface area contributed by atoms with Crippen molar-refractivity contribution < 1.29 is 17.7 Å². The molecule has 1 saturated heterocycles. The first-order chi connectivity index (χ1) is 13.0. The number of para-hydroxylation sites is 1. The van der Waals surface area contributed by atoms with Gasteiger partial charge in [-0.1, -0.05) is 35.6 Å². The zero-order chi connectivity index (χ0) is 18.9. The summed E-state index contributed by atoms with van der Waals surface area (Å²) in [5.41, 5.74) is 2.05. The lowest BCUT2D eigenvalue weighted by atomic mass is 10.2. The van der Waals surface area contributed by atoms with Crippen LogP contribution in [0.3, 0.4) is 0 Å². The third-order valence-corrected chi connectivity index (χ3v) is 6.40. The minimum Gasteiger partial charge on any atom is -0.431 e. The molecule has 1 fully saturated rings. The van der Waals surface area contributed by atoms with Crippen LogP contribution in [-0.4, -0.2) is 53.3 Å². The van der Waals surface area contributed by atoms with Crippen molar-refractivity contribution in [2.75, 3.05) is 26.2 Å². The normalized spacial score (nSPS) is 16.6. The second kappa shape index (κ2) is 7.53. The number of hydrogen-bond donors (Lipinski definition) is 1. The van der Waals surface area contributed by atoms with Gasteiger partial charge in [-0.2, -0.15) is 12.7 Å². The number of hydrogen-bond acceptors (Lipinski definition) is 6. The summed E-state index contributed by atoms with van der Waals surface area (Å²) in [6.07, 6.45) is 0. The van der Waals surface area contributed by atoms with Crippen LogP contribution in [0.1, 0.15) is 5.56 Å². The topological polar surface area (TPSA) is 83.0 Å². The monoisotopic (exact) mass is 405 g/mol. The van der Waals surface area contributed by atoms with Crippen LogP contribution in [-0.2, 0) is 16.8 Å². The van der Waals surface area contributed by atoms with Crippen LogP contribution in [0, 0.1) is 0 Å². The van der Waals surface area contributed by atoms with E-state index in [4.69, 9.17) is 9.29 Å². The number of benzene rings is 2. The summed E-state index contributed by atoms with van der Waals surface area (Å²) in [4.78, 5) is 6.62. The van der Waals surface area contributed by atoms with Crippen LogP contribution in [0.5, 0.6) is 10.9 Å². The minimum absolute atomic E-state index is 0.303. The molecule has 0 aliphatic carbocycles. The van der Waals surface area contributed by atoms with Crippen molar-refractivity contribution in [2.24, 2.45) is 0 Å². The summed E-state index contributed by atoms with van der Waals surface area (Å²) in [5.74, 6) is 0.731. The molecule has 0 saturated carbocycles. The zero-order valence-electron chi connectivity index (χ0n) is 14.5. The second-order valence-corrected chi connectivity index (χ2v) is 8.75. The van der Waals surface area contributed by atoms with Gasteiger partial charge in [-0.3, -0.25) is 9.45 Å². The van der Waals surface area contributed by atoms with Gasteiger partial charge in [0, 0.05) is 32.7 Å². The molecule has 0 amide bonds. The second-order valence-electron chi connectivity index (χ2n) is 6.35. The summed E-state index contributed by atoms with van der Waals surface area (Å²) in [6, 6.07) is 15.7. The maximum atomic E-state index is 11.1. The fraction of sp³-hybridized carbons (Fsp3) is 0.278. The molecule has 0 unspecified atom stereocenters. The number of thiazole rings is 1. The highest BCUT2D eigenvalue weighted by Crippen LogP contribution is 2.31. The Bertz CT molecular complexity index is 993. The number of ether oxygens (including phenoxy) is 1. The van der Waals surface area contributed by atoms with Gasteiger partial charge in [0.15, 0.2) is 0 Å². The van der Waals surface area contributed by atoms with Crippen molar-refractivity contribution in [3.63, 3.8) is 0 Å². The van der Waals surface area contributed by atoms with Crippen molar-refractivity contribution >= 4 is 31.9 Å². The molecule has 1 aliphatic rings. The van der Waals surface area contributed by atoms with Gasteiger partial charge in [0.05, 0.1) is 10.2 Å². The molecule has 0 bridgehead atoms. The smallest absolute Gasteiger partial charge is 0.335 e. The van der Waals surface area contributed by atoms with Crippen molar-refractivity contribution in [3.8, 4) is 10.9 Å². The molecule has 2 heterocycles. The highest BCUT2D eigenvalue weighted by Gasteiger charge is 2.24. The van der Waals surface area contributed by atoms with Gasteiger partial charge >= 0.3 is 10.3 Å². The largest absolute Gasteiger partial charge is 0.431 e. The molecule has 0 spiro atoms. The van der Waals surface area contributed by atoms with Crippen molar-refractivity contribution in [1.82, 2.24) is 14.2 Å². The summed E-state index contributed by atoms with van der Waals surface area (Å²) in [5, 5.41) is 0.616. The van der Waals surface area contributed by atoms with Crippen LogP contribution in [0.15, 0.2) is 48.5 Å². The average Bonchev–Trinajstić information content (AvgIpc) is 3.05. The van der Waals surface area contributed by atoms with E-state index in [2.05, 4.69) is 9.88 Å². The maximum Gasteiger partial charge on any atom is 0.335 e. The molecule has 27 heavy (non-hydrogen) atoms. The molecule has 1 aliphatic heterocycles. The van der Waals surface area contributed by atoms with Crippen molar-refractivity contribution in [3.05, 3.63) is 54.1 Å². The molecule has 9 heteroatoms. The van der Waals surface area contributed by atoms with Gasteiger partial charge in [-0.05, 0) is 29.8 Å². The summed E-state index contributed by atoms with van der Waals surface area (Å²) < 4.78 is 39.4. The Hall–Kier alpha value is -2.04. The van der Waals surface area contributed by atoms with Gasteiger partial charge in [0.25, 0.3) is 5.19 Å². The highest BCUT2D eigenvalue weighted by atomic mass is 32.2. The van der Waals surface area contributed by atoms with Crippen LogP contribution >= 0.6 is 11.3 Å². The van der Waals surface area contributed by atoms with Gasteiger partial charge in [0.1, 0.15) is 5.75 Å². The third-order valence-electron chi connectivity index (χ3n) is 4.47. The lowest BCUT2D eigenvalue weighted by molar-refractivity contribution is 0.173. The average molecular weight is 406 g/mol. The van der Waals surface area contributed by atoms with Gasteiger partial charge in [0.2, 0.25) is 0 Å². The highest BCUT2D eigenvalue weighted by molar-refractivity contribution is 7.83. The first-order valence-corrected chi connectivity index (χ1v) is 10.8. The van der Waals surface area contributed by atoms with E-state index >= 15 is 0 Å². The summed E-state index contributed by atoms with van der Waals surface area (Å²) >= 11 is 1.51. The van der Waals surface area contributed by atoms with Crippen molar-refractivity contribution in [2.45, 2.75) is 6.54 Å². The Balaban J connectivity index is 1.35. The minimum atomic E-state index is -4.08. The van der Waals surface area contributed by atoms with Crippen LogP contribution in [0.2, 0.25) is 0 Å². The molecule has 0 radical (unpaired) electrons. The third kappa shape index (κ3) is 4.45. The molecule has 2 aromatic carbocycles. The van der Waals surface area contributed by atoms with E-state index < -0.39 is 10.3 Å². The molecular weight excluding hydrogens is 386 g/mol. The van der Waals surface area contributed by atoms with E-state index in [1.165, 1.54) is 11.3 Å². The quantitative estimate of drug-likeness (QED) is 0.657. The molecule has 1 aromatic heterocycles. The molecule has 3 aromatic rings. The molecule has 142 valence electrons. The fourth-order valence-corrected chi connectivity index (χ4v) is 4.49. The summed E-state index contributed by atoms with van der Waals surface area (Å²) in [7, 11) is -4.08. The zero-order valence-corrected chi connectivity index (χ0v) is 16.1. The van der Waals surface area contributed by atoms with Crippen LogP contribution < -0.4 is 4.74 Å². The molecule has 0 atom stereocenters. The number of nitrogens with zero attached hydrogens (tertiary/aromatic N) is 3. The van der Waals surface area contributed by atoms with Gasteiger partial charge < -0.3 is 4.74 Å². The van der Waals surface area contributed by atoms with E-state index in [9.17, 15) is 8.42 Å². The van der Waals surface area contributed by atoms with Gasteiger partial charge in [-0.25, -0.2) is 4.98 Å². The first-order valence-electron chi connectivity index (χ1n) is 8.55. The first kappa shape index (κ1) is 18.3.